The van der Waals surface area contributed by atoms with Gasteiger partial charge in [-0.1, -0.05) is 0 Å². The van der Waals surface area contributed by atoms with E-state index in [0.717, 1.165) is 0 Å². The molecule has 0 spiro atoms. The topological polar surface area (TPSA) is 0 Å². The molecule has 0 aromatic rings. The van der Waals surface area contributed by atoms with E-state index in [1.807, 2.05) is 0 Å². The Labute approximate surface area is 114 Å². The van der Waals surface area contributed by atoms with E-state index in [9.17, 15) is 0 Å². The van der Waals surface area contributed by atoms with Crippen LogP contribution in [0, 0.1) is 0 Å². The van der Waals surface area contributed by atoms with Crippen LogP contribution >= 0.6 is 22.3 Å². The van der Waals surface area contributed by atoms with Gasteiger partial charge in [-0.15, -0.1) is 12.4 Å². The Kier molecular flexibility index (Phi) is 25.8. The fourth-order valence-corrected chi connectivity index (χ4v) is 8.17. The predicted molar refractivity (Wildman–Crippen MR) is 77.5 cm³/mol. The normalized spacial score (nSPS) is 10.2. The Balaban J connectivity index is -0.000000720. The zero-order chi connectivity index (χ0) is 9.94. The molecule has 15 heavy (non-hydrogen) atoms. The molecule has 0 rings (SSSR count). The molecule has 0 saturated carbocycles. The third kappa shape index (κ3) is 15.5. The van der Waals surface area contributed by atoms with Gasteiger partial charge in [-0.25, -0.2) is 0 Å². The maximum absolute atomic E-state index is 2.33. The summed E-state index contributed by atoms with van der Waals surface area (Å²) in [7, 11) is 0. The molecule has 1 unspecified atom stereocenters. The number of hydrogen-bond donors (Lipinski definition) is 0. The molecule has 0 N–H and O–H groups in total. The summed E-state index contributed by atoms with van der Waals surface area (Å²) in [5.41, 5.74) is 0. The molecule has 0 fully saturated rings. The Morgan fingerprint density at radius 3 is 1.13 bits per heavy atom. The quantitative estimate of drug-likeness (QED) is 0.318. The second-order valence-electron chi connectivity index (χ2n) is 3.47. The van der Waals surface area contributed by atoms with Crippen molar-refractivity contribution >= 4 is 22.3 Å². The molecule has 0 heterocycles. The summed E-state index contributed by atoms with van der Waals surface area (Å²) in [4.78, 5) is 0. The summed E-state index contributed by atoms with van der Waals surface area (Å²) in [6, 6.07) is 0. The van der Waals surface area contributed by atoms with E-state index in [4.69, 9.17) is 0 Å². The Morgan fingerprint density at radius 2 is 0.933 bits per heavy atom. The van der Waals surface area contributed by atoms with Crippen molar-refractivity contribution in [2.24, 2.45) is 0 Å². The van der Waals surface area contributed by atoms with Gasteiger partial charge in [0.2, 0.25) is 0 Å². The third-order valence-corrected chi connectivity index (χ3v) is 8.91. The van der Waals surface area contributed by atoms with Gasteiger partial charge in [0, 0.05) is 0 Å². The molecule has 0 nitrogen and oxygen atoms in total. The molecule has 0 saturated heterocycles. The van der Waals surface area contributed by atoms with E-state index < -0.39 is 0 Å². The van der Waals surface area contributed by atoms with Crippen molar-refractivity contribution in [1.29, 1.82) is 0 Å². The standard InChI is InChI=1S/3C4H9.Au.ClH.H3P/c3*1-3-4-2;;;/h3*1,3-4H2,2H3;;1H;1H3. The van der Waals surface area contributed by atoms with Gasteiger partial charge in [-0.3, -0.25) is 0 Å². The van der Waals surface area contributed by atoms with Crippen LogP contribution in [0.3, 0.4) is 0 Å². The molecular formula is C12H31AuClP. The summed E-state index contributed by atoms with van der Waals surface area (Å²) in [6.07, 6.45) is 8.75. The molecule has 0 aliphatic carbocycles. The van der Waals surface area contributed by atoms with Crippen LogP contribution in [0.4, 0.5) is 0 Å². The maximum Gasteiger partial charge on any atom is -0.147 e. The van der Waals surface area contributed by atoms with Crippen molar-refractivity contribution in [3.63, 3.8) is 0 Å². The zero-order valence-corrected chi connectivity index (χ0v) is 15.2. The van der Waals surface area contributed by atoms with Gasteiger partial charge in [0.05, 0.1) is 0 Å². The average molecular weight is 439 g/mol. The van der Waals surface area contributed by atoms with Gasteiger partial charge in [0.25, 0.3) is 0 Å². The predicted octanol–water partition coefficient (Wildman–Crippen LogP) is 5.74. The van der Waals surface area contributed by atoms with Crippen LogP contribution in [-0.2, 0) is 18.4 Å². The Hall–Kier alpha value is 1.46. The summed E-state index contributed by atoms with van der Waals surface area (Å²) >= 11 is -0.375. The van der Waals surface area contributed by atoms with Crippen LogP contribution in [0.15, 0.2) is 0 Å². The van der Waals surface area contributed by atoms with E-state index in [1.54, 1.807) is 13.9 Å². The molecular weight excluding hydrogens is 408 g/mol. The average Bonchev–Trinajstić information content (AvgIpc) is 2.17. The third-order valence-electron chi connectivity index (χ3n) is 2.02. The minimum absolute atomic E-state index is 0. The molecule has 3 heteroatoms. The molecule has 0 radical (unpaired) electrons. The first-order valence-electron chi connectivity index (χ1n) is 5.76. The molecule has 0 aromatic heterocycles. The first kappa shape index (κ1) is 21.7. The summed E-state index contributed by atoms with van der Waals surface area (Å²) in [5, 5.41) is 0. The minimum Gasteiger partial charge on any atom is -0.153 e. The largest absolute Gasteiger partial charge is 0.153 e. The van der Waals surface area contributed by atoms with Crippen molar-refractivity contribution in [3.8, 4) is 0 Å². The molecule has 0 bridgehead atoms. The van der Waals surface area contributed by atoms with Crippen molar-refractivity contribution < 1.29 is 18.4 Å². The van der Waals surface area contributed by atoms with Gasteiger partial charge in [-0.05, 0) is 0 Å². The molecule has 1 atom stereocenters. The van der Waals surface area contributed by atoms with Crippen molar-refractivity contribution in [1.82, 2.24) is 0 Å². The number of hydrogen-bond acceptors (Lipinski definition) is 0. The number of rotatable bonds is 9. The first-order valence-corrected chi connectivity index (χ1v) is 10.4. The number of unbranched alkanes of at least 4 members (excludes halogenated alkanes) is 3. The van der Waals surface area contributed by atoms with E-state index >= 15 is 0 Å². The van der Waals surface area contributed by atoms with Crippen LogP contribution in [0.5, 0.6) is 0 Å². The number of halogens is 1. The van der Waals surface area contributed by atoms with Crippen molar-refractivity contribution in [2.45, 2.75) is 73.2 Å². The Morgan fingerprint density at radius 1 is 0.667 bits per heavy atom. The fourth-order valence-electron chi connectivity index (χ4n) is 0.998. The Bertz CT molecular complexity index is 82.6. The molecule has 102 valence electrons. The minimum atomic E-state index is -0.375. The van der Waals surface area contributed by atoms with Gasteiger partial charge in [0.1, 0.15) is 0 Å². The molecule has 0 aliphatic heterocycles. The maximum atomic E-state index is 2.33. The van der Waals surface area contributed by atoms with Gasteiger partial charge in [-0.2, -0.15) is 9.90 Å². The van der Waals surface area contributed by atoms with Crippen LogP contribution < -0.4 is 0 Å². The van der Waals surface area contributed by atoms with Gasteiger partial charge >= 0.3 is 91.7 Å². The smallest absolute Gasteiger partial charge is 0.147 e. The van der Waals surface area contributed by atoms with Gasteiger partial charge in [0.15, 0.2) is 0 Å². The van der Waals surface area contributed by atoms with Crippen molar-refractivity contribution in [3.05, 3.63) is 0 Å². The fraction of sp³-hybridized carbons (Fsp3) is 1.00. The SMILES string of the molecule is CCC[CH2][Au]([CH2]CCC)[CH2]CCC.Cl.P. The molecule has 0 aliphatic rings. The van der Waals surface area contributed by atoms with E-state index in [-0.39, 0.29) is 40.7 Å². The van der Waals surface area contributed by atoms with E-state index in [0.29, 0.717) is 0 Å². The van der Waals surface area contributed by atoms with Crippen LogP contribution in [0.2, 0.25) is 13.9 Å². The van der Waals surface area contributed by atoms with E-state index in [1.165, 1.54) is 38.5 Å². The molecule has 0 amide bonds. The van der Waals surface area contributed by atoms with Crippen LogP contribution in [-0.4, -0.2) is 0 Å². The van der Waals surface area contributed by atoms with E-state index in [2.05, 4.69) is 20.8 Å². The summed E-state index contributed by atoms with van der Waals surface area (Å²) in [5.74, 6) is 0. The van der Waals surface area contributed by atoms with Crippen LogP contribution in [0.25, 0.3) is 0 Å². The molecule has 0 aromatic carbocycles. The second-order valence-corrected chi connectivity index (χ2v) is 9.96. The second kappa shape index (κ2) is 17.8. The van der Waals surface area contributed by atoms with Crippen molar-refractivity contribution in [2.75, 3.05) is 0 Å². The summed E-state index contributed by atoms with van der Waals surface area (Å²) < 4.78 is 4.89. The van der Waals surface area contributed by atoms with Gasteiger partial charge < -0.3 is 0 Å². The van der Waals surface area contributed by atoms with Crippen LogP contribution in [0.1, 0.15) is 59.3 Å². The first-order chi connectivity index (χ1) is 6.35. The monoisotopic (exact) mass is 438 g/mol. The zero-order valence-electron chi connectivity index (χ0n) is 10.8. The summed E-state index contributed by atoms with van der Waals surface area (Å²) in [6.45, 7) is 6.98.